The van der Waals surface area contributed by atoms with Gasteiger partial charge in [-0.3, -0.25) is 4.79 Å². The predicted molar refractivity (Wildman–Crippen MR) is 75.6 cm³/mol. The molecule has 0 aliphatic rings. The lowest BCUT2D eigenvalue weighted by molar-refractivity contribution is -0.124. The Bertz CT molecular complexity index is 429. The summed E-state index contributed by atoms with van der Waals surface area (Å²) in [7, 11) is 3.21. The smallest absolute Gasteiger partial charge is 0.223 e. The molecule has 0 spiro atoms. The molecule has 1 atom stereocenters. The lowest BCUT2D eigenvalue weighted by Gasteiger charge is -2.20. The van der Waals surface area contributed by atoms with Crippen LogP contribution in [0.3, 0.4) is 0 Å². The third-order valence-corrected chi connectivity index (χ3v) is 3.06. The molecule has 0 aromatic heterocycles. The van der Waals surface area contributed by atoms with Gasteiger partial charge in [-0.25, -0.2) is 0 Å². The minimum Gasteiger partial charge on any atom is -0.493 e. The second-order valence-corrected chi connectivity index (χ2v) is 4.74. The van der Waals surface area contributed by atoms with Crippen LogP contribution in [0.5, 0.6) is 11.5 Å². The number of rotatable bonds is 6. The number of amides is 1. The van der Waals surface area contributed by atoms with Gasteiger partial charge in [0.05, 0.1) is 20.3 Å². The van der Waals surface area contributed by atoms with E-state index in [0.29, 0.717) is 11.5 Å². The van der Waals surface area contributed by atoms with Gasteiger partial charge in [-0.05, 0) is 24.1 Å². The van der Waals surface area contributed by atoms with Gasteiger partial charge < -0.3 is 14.8 Å². The van der Waals surface area contributed by atoms with Crippen LogP contribution in [0.2, 0.25) is 0 Å². The summed E-state index contributed by atoms with van der Waals surface area (Å²) in [6, 6.07) is 5.72. The van der Waals surface area contributed by atoms with E-state index in [9.17, 15) is 4.79 Å². The predicted octanol–water partition coefficient (Wildman–Crippen LogP) is 2.93. The highest BCUT2D eigenvalue weighted by Gasteiger charge is 2.16. The summed E-state index contributed by atoms with van der Waals surface area (Å²) < 4.78 is 10.5. The van der Waals surface area contributed by atoms with Crippen LogP contribution >= 0.6 is 0 Å². The first-order valence-corrected chi connectivity index (χ1v) is 6.55. The van der Waals surface area contributed by atoms with E-state index in [0.717, 1.165) is 12.0 Å². The van der Waals surface area contributed by atoms with E-state index in [1.165, 1.54) is 0 Å². The molecule has 1 aromatic rings. The third kappa shape index (κ3) is 3.88. The summed E-state index contributed by atoms with van der Waals surface area (Å²) in [5.74, 6) is 1.41. The number of carbonyl (C=O) groups is 1. The van der Waals surface area contributed by atoms with Crippen molar-refractivity contribution in [3.05, 3.63) is 23.8 Å². The molecule has 0 fully saturated rings. The molecule has 1 amide bonds. The average molecular weight is 265 g/mol. The van der Waals surface area contributed by atoms with Gasteiger partial charge in [0.15, 0.2) is 11.5 Å². The van der Waals surface area contributed by atoms with Crippen LogP contribution in [0, 0.1) is 5.92 Å². The van der Waals surface area contributed by atoms with Gasteiger partial charge in [-0.15, -0.1) is 0 Å². The number of hydrogen-bond acceptors (Lipinski definition) is 3. The number of benzene rings is 1. The quantitative estimate of drug-likeness (QED) is 0.860. The lowest BCUT2D eigenvalue weighted by Crippen LogP contribution is -2.31. The largest absolute Gasteiger partial charge is 0.493 e. The van der Waals surface area contributed by atoms with Gasteiger partial charge >= 0.3 is 0 Å². The van der Waals surface area contributed by atoms with Gasteiger partial charge in [-0.2, -0.15) is 0 Å². The SMILES string of the molecule is CC[C@H](NC(=O)C(C)C)c1ccc(OC)c(OC)c1. The van der Waals surface area contributed by atoms with Crippen molar-refractivity contribution in [3.63, 3.8) is 0 Å². The Hall–Kier alpha value is -1.71. The van der Waals surface area contributed by atoms with Crippen molar-refractivity contribution in [2.24, 2.45) is 5.92 Å². The molecule has 4 heteroatoms. The summed E-state index contributed by atoms with van der Waals surface area (Å²) >= 11 is 0. The normalized spacial score (nSPS) is 12.1. The zero-order chi connectivity index (χ0) is 14.4. The van der Waals surface area contributed by atoms with E-state index >= 15 is 0 Å². The van der Waals surface area contributed by atoms with Crippen LogP contribution < -0.4 is 14.8 Å². The highest BCUT2D eigenvalue weighted by molar-refractivity contribution is 5.78. The summed E-state index contributed by atoms with van der Waals surface area (Å²) in [5.41, 5.74) is 1.02. The molecule has 0 saturated heterocycles. The highest BCUT2D eigenvalue weighted by atomic mass is 16.5. The maximum absolute atomic E-state index is 11.8. The Labute approximate surface area is 115 Å². The fourth-order valence-electron chi connectivity index (χ4n) is 1.83. The third-order valence-electron chi connectivity index (χ3n) is 3.06. The van der Waals surface area contributed by atoms with Crippen molar-refractivity contribution in [2.45, 2.75) is 33.2 Å². The molecule has 0 radical (unpaired) electrons. The number of ether oxygens (including phenoxy) is 2. The first-order valence-electron chi connectivity index (χ1n) is 6.55. The second-order valence-electron chi connectivity index (χ2n) is 4.74. The average Bonchev–Trinajstić information content (AvgIpc) is 2.43. The second kappa shape index (κ2) is 7.02. The Kier molecular flexibility index (Phi) is 5.67. The molecule has 106 valence electrons. The van der Waals surface area contributed by atoms with Gasteiger partial charge in [0.25, 0.3) is 0 Å². The fourth-order valence-corrected chi connectivity index (χ4v) is 1.83. The molecule has 0 aliphatic heterocycles. The molecule has 19 heavy (non-hydrogen) atoms. The van der Waals surface area contributed by atoms with Gasteiger partial charge in [-0.1, -0.05) is 26.8 Å². The lowest BCUT2D eigenvalue weighted by atomic mass is 10.0. The molecule has 0 unspecified atom stereocenters. The topological polar surface area (TPSA) is 47.6 Å². The van der Waals surface area contributed by atoms with E-state index in [1.807, 2.05) is 39.0 Å². The molecule has 1 aromatic carbocycles. The molecule has 4 nitrogen and oxygen atoms in total. The van der Waals surface area contributed by atoms with Crippen LogP contribution in [0.1, 0.15) is 38.8 Å². The number of methoxy groups -OCH3 is 2. The number of carbonyl (C=O) groups excluding carboxylic acids is 1. The number of nitrogens with one attached hydrogen (secondary N) is 1. The van der Waals surface area contributed by atoms with E-state index < -0.39 is 0 Å². The molecule has 1 rings (SSSR count). The zero-order valence-electron chi connectivity index (χ0n) is 12.3. The molecular weight excluding hydrogens is 242 g/mol. The van der Waals surface area contributed by atoms with Crippen LogP contribution in [-0.2, 0) is 4.79 Å². The van der Waals surface area contributed by atoms with Crippen molar-refractivity contribution >= 4 is 5.91 Å². The molecule has 0 aliphatic carbocycles. The molecular formula is C15H23NO3. The van der Waals surface area contributed by atoms with Crippen LogP contribution in [0.25, 0.3) is 0 Å². The first kappa shape index (κ1) is 15.3. The summed E-state index contributed by atoms with van der Waals surface area (Å²) in [5, 5.41) is 3.04. The zero-order valence-corrected chi connectivity index (χ0v) is 12.3. The van der Waals surface area contributed by atoms with E-state index in [-0.39, 0.29) is 17.9 Å². The molecule has 0 heterocycles. The van der Waals surface area contributed by atoms with Gasteiger partial charge in [0, 0.05) is 5.92 Å². The maximum Gasteiger partial charge on any atom is 0.223 e. The summed E-state index contributed by atoms with van der Waals surface area (Å²) in [6.45, 7) is 5.81. The van der Waals surface area contributed by atoms with Crippen molar-refractivity contribution in [1.29, 1.82) is 0 Å². The monoisotopic (exact) mass is 265 g/mol. The Morgan fingerprint density at radius 1 is 1.21 bits per heavy atom. The maximum atomic E-state index is 11.8. The molecule has 0 bridgehead atoms. The Morgan fingerprint density at radius 2 is 1.84 bits per heavy atom. The van der Waals surface area contributed by atoms with Crippen molar-refractivity contribution in [1.82, 2.24) is 5.32 Å². The Morgan fingerprint density at radius 3 is 2.32 bits per heavy atom. The first-order chi connectivity index (χ1) is 9.03. The summed E-state index contributed by atoms with van der Waals surface area (Å²) in [4.78, 5) is 11.8. The minimum atomic E-state index is -0.0193. The number of hydrogen-bond donors (Lipinski definition) is 1. The summed E-state index contributed by atoms with van der Waals surface area (Å²) in [6.07, 6.45) is 0.827. The van der Waals surface area contributed by atoms with Crippen LogP contribution in [0.4, 0.5) is 0 Å². The minimum absolute atomic E-state index is 0.00490. The van der Waals surface area contributed by atoms with E-state index in [1.54, 1.807) is 14.2 Å². The van der Waals surface area contributed by atoms with Crippen molar-refractivity contribution < 1.29 is 14.3 Å². The fraction of sp³-hybridized carbons (Fsp3) is 0.533. The molecule has 0 saturated carbocycles. The van der Waals surface area contributed by atoms with Crippen LogP contribution in [0.15, 0.2) is 18.2 Å². The van der Waals surface area contributed by atoms with Crippen molar-refractivity contribution in [2.75, 3.05) is 14.2 Å². The van der Waals surface area contributed by atoms with Gasteiger partial charge in [0.1, 0.15) is 0 Å². The van der Waals surface area contributed by atoms with E-state index in [2.05, 4.69) is 5.32 Å². The Balaban J connectivity index is 2.95. The highest BCUT2D eigenvalue weighted by Crippen LogP contribution is 2.30. The van der Waals surface area contributed by atoms with Gasteiger partial charge in [0.2, 0.25) is 5.91 Å². The molecule has 1 N–H and O–H groups in total. The standard InChI is InChI=1S/C15H23NO3/c1-6-12(16-15(17)10(2)3)11-7-8-13(18-4)14(9-11)19-5/h7-10,12H,6H2,1-5H3,(H,16,17)/t12-/m0/s1. The van der Waals surface area contributed by atoms with E-state index in [4.69, 9.17) is 9.47 Å². The van der Waals surface area contributed by atoms with Crippen molar-refractivity contribution in [3.8, 4) is 11.5 Å². The van der Waals surface area contributed by atoms with Crippen LogP contribution in [-0.4, -0.2) is 20.1 Å².